The minimum atomic E-state index is 0.0114. The van der Waals surface area contributed by atoms with Gasteiger partial charge in [-0.05, 0) is 23.5 Å². The van der Waals surface area contributed by atoms with E-state index in [2.05, 4.69) is 74.5 Å². The van der Waals surface area contributed by atoms with E-state index in [1.165, 1.54) is 11.1 Å². The molecule has 0 radical (unpaired) electrons. The van der Waals surface area contributed by atoms with E-state index >= 15 is 0 Å². The van der Waals surface area contributed by atoms with Crippen LogP contribution in [0.5, 0.6) is 0 Å². The van der Waals surface area contributed by atoms with Gasteiger partial charge in [0.1, 0.15) is 0 Å². The molecule has 20 heavy (non-hydrogen) atoms. The highest BCUT2D eigenvalue weighted by Gasteiger charge is 2.43. The Morgan fingerprint density at radius 3 is 1.80 bits per heavy atom. The highest BCUT2D eigenvalue weighted by Crippen LogP contribution is 2.43. The molecular formula is C19H22O. The molecule has 0 spiro atoms. The summed E-state index contributed by atoms with van der Waals surface area (Å²) >= 11 is 0. The van der Waals surface area contributed by atoms with Crippen molar-refractivity contribution in [2.45, 2.75) is 31.8 Å². The molecular weight excluding hydrogens is 244 g/mol. The van der Waals surface area contributed by atoms with Crippen LogP contribution in [0.15, 0.2) is 60.7 Å². The summed E-state index contributed by atoms with van der Waals surface area (Å²) in [6.07, 6.45) is 1.41. The molecule has 1 saturated heterocycles. The third-order valence-corrected chi connectivity index (χ3v) is 4.49. The van der Waals surface area contributed by atoms with Gasteiger partial charge in [-0.25, -0.2) is 0 Å². The molecule has 2 aromatic carbocycles. The van der Waals surface area contributed by atoms with E-state index in [0.717, 1.165) is 13.0 Å². The molecule has 2 aromatic rings. The maximum absolute atomic E-state index is 6.14. The van der Waals surface area contributed by atoms with Crippen LogP contribution in [0, 0.1) is 5.92 Å². The first kappa shape index (κ1) is 13.4. The minimum Gasteiger partial charge on any atom is -0.377 e. The molecule has 1 heterocycles. The largest absolute Gasteiger partial charge is 0.377 e. The number of hydrogen-bond donors (Lipinski definition) is 0. The predicted molar refractivity (Wildman–Crippen MR) is 82.9 cm³/mol. The average molecular weight is 266 g/mol. The molecule has 0 bridgehead atoms. The van der Waals surface area contributed by atoms with E-state index in [1.807, 2.05) is 0 Å². The van der Waals surface area contributed by atoms with Crippen LogP contribution in [-0.4, -0.2) is 12.7 Å². The van der Waals surface area contributed by atoms with Crippen LogP contribution in [0.3, 0.4) is 0 Å². The minimum absolute atomic E-state index is 0.0114. The monoisotopic (exact) mass is 266 g/mol. The standard InChI is InChI=1S/C19H22O/c1-15(2)18-13-19(14-20-18,16-9-5-3-6-10-16)17-11-7-4-8-12-17/h3-12,15,18H,13-14H2,1-2H3/t18-/m1/s1. The Bertz CT molecular complexity index is 505. The van der Waals surface area contributed by atoms with Crippen LogP contribution in [0.25, 0.3) is 0 Å². The van der Waals surface area contributed by atoms with Crippen molar-refractivity contribution in [2.75, 3.05) is 6.61 Å². The number of rotatable bonds is 3. The van der Waals surface area contributed by atoms with Crippen molar-refractivity contribution in [1.82, 2.24) is 0 Å². The summed E-state index contributed by atoms with van der Waals surface area (Å²) in [6.45, 7) is 5.28. The fourth-order valence-corrected chi connectivity index (χ4v) is 3.22. The normalized spacial score (nSPS) is 21.2. The Morgan fingerprint density at radius 2 is 1.40 bits per heavy atom. The fourth-order valence-electron chi connectivity index (χ4n) is 3.22. The van der Waals surface area contributed by atoms with Crippen molar-refractivity contribution < 1.29 is 4.74 Å². The molecule has 0 aliphatic carbocycles. The van der Waals surface area contributed by atoms with Gasteiger partial charge in [-0.1, -0.05) is 74.5 Å². The zero-order valence-electron chi connectivity index (χ0n) is 12.3. The smallest absolute Gasteiger partial charge is 0.0611 e. The zero-order valence-corrected chi connectivity index (χ0v) is 12.3. The van der Waals surface area contributed by atoms with Crippen LogP contribution in [0.2, 0.25) is 0 Å². The van der Waals surface area contributed by atoms with Crippen LogP contribution in [0.1, 0.15) is 31.4 Å². The Kier molecular flexibility index (Phi) is 3.62. The predicted octanol–water partition coefficient (Wildman–Crippen LogP) is 4.42. The van der Waals surface area contributed by atoms with Gasteiger partial charge in [-0.2, -0.15) is 0 Å². The molecule has 104 valence electrons. The second-order valence-electron chi connectivity index (χ2n) is 6.11. The molecule has 1 nitrogen and oxygen atoms in total. The maximum atomic E-state index is 6.14. The average Bonchev–Trinajstić information content (AvgIpc) is 2.96. The highest BCUT2D eigenvalue weighted by molar-refractivity contribution is 5.40. The van der Waals surface area contributed by atoms with Gasteiger partial charge in [0.15, 0.2) is 0 Å². The van der Waals surface area contributed by atoms with E-state index < -0.39 is 0 Å². The lowest BCUT2D eigenvalue weighted by atomic mass is 9.72. The van der Waals surface area contributed by atoms with Gasteiger partial charge in [0, 0.05) is 5.41 Å². The Labute approximate surface area is 121 Å². The maximum Gasteiger partial charge on any atom is 0.0611 e. The lowest BCUT2D eigenvalue weighted by molar-refractivity contribution is 0.0727. The van der Waals surface area contributed by atoms with Crippen LogP contribution in [0.4, 0.5) is 0 Å². The van der Waals surface area contributed by atoms with Crippen LogP contribution < -0.4 is 0 Å². The molecule has 0 amide bonds. The SMILES string of the molecule is CC(C)[C@H]1CC(c2ccccc2)(c2ccccc2)CO1. The van der Waals surface area contributed by atoms with Crippen molar-refractivity contribution in [3.63, 3.8) is 0 Å². The Hall–Kier alpha value is -1.60. The molecule has 1 aliphatic heterocycles. The lowest BCUT2D eigenvalue weighted by Crippen LogP contribution is -2.28. The van der Waals surface area contributed by atoms with Gasteiger partial charge in [-0.3, -0.25) is 0 Å². The molecule has 0 unspecified atom stereocenters. The molecule has 3 rings (SSSR count). The summed E-state index contributed by atoms with van der Waals surface area (Å²) in [5.41, 5.74) is 2.75. The molecule has 0 aromatic heterocycles. The van der Waals surface area contributed by atoms with Crippen LogP contribution in [-0.2, 0) is 10.2 Å². The number of hydrogen-bond acceptors (Lipinski definition) is 1. The van der Waals surface area contributed by atoms with E-state index in [1.54, 1.807) is 0 Å². The summed E-state index contributed by atoms with van der Waals surface area (Å²) in [4.78, 5) is 0. The van der Waals surface area contributed by atoms with Crippen molar-refractivity contribution >= 4 is 0 Å². The Morgan fingerprint density at radius 1 is 0.900 bits per heavy atom. The third-order valence-electron chi connectivity index (χ3n) is 4.49. The van der Waals surface area contributed by atoms with E-state index in [-0.39, 0.29) is 5.41 Å². The number of benzene rings is 2. The quantitative estimate of drug-likeness (QED) is 0.799. The summed E-state index contributed by atoms with van der Waals surface area (Å²) in [6, 6.07) is 21.6. The fraction of sp³-hybridized carbons (Fsp3) is 0.368. The first-order valence-electron chi connectivity index (χ1n) is 7.45. The van der Waals surface area contributed by atoms with Crippen molar-refractivity contribution in [1.29, 1.82) is 0 Å². The summed E-state index contributed by atoms with van der Waals surface area (Å²) < 4.78 is 6.14. The molecule has 1 heteroatoms. The van der Waals surface area contributed by atoms with E-state index in [9.17, 15) is 0 Å². The summed E-state index contributed by atoms with van der Waals surface area (Å²) in [5.74, 6) is 0.560. The van der Waals surface area contributed by atoms with Gasteiger partial charge < -0.3 is 4.74 Å². The van der Waals surface area contributed by atoms with Gasteiger partial charge in [-0.15, -0.1) is 0 Å². The first-order valence-corrected chi connectivity index (χ1v) is 7.45. The first-order chi connectivity index (χ1) is 9.72. The second-order valence-corrected chi connectivity index (χ2v) is 6.11. The van der Waals surface area contributed by atoms with Crippen LogP contribution >= 0.6 is 0 Å². The van der Waals surface area contributed by atoms with Crippen molar-refractivity contribution in [2.24, 2.45) is 5.92 Å². The lowest BCUT2D eigenvalue weighted by Gasteiger charge is -2.29. The zero-order chi connectivity index (χ0) is 14.0. The topological polar surface area (TPSA) is 9.23 Å². The molecule has 0 N–H and O–H groups in total. The second kappa shape index (κ2) is 5.41. The molecule has 1 aliphatic rings. The van der Waals surface area contributed by atoms with Gasteiger partial charge in [0.25, 0.3) is 0 Å². The molecule has 1 fully saturated rings. The van der Waals surface area contributed by atoms with Crippen molar-refractivity contribution in [3.8, 4) is 0 Å². The highest BCUT2D eigenvalue weighted by atomic mass is 16.5. The van der Waals surface area contributed by atoms with E-state index in [4.69, 9.17) is 4.74 Å². The van der Waals surface area contributed by atoms with Crippen molar-refractivity contribution in [3.05, 3.63) is 71.8 Å². The molecule has 0 saturated carbocycles. The number of ether oxygens (including phenoxy) is 1. The summed E-state index contributed by atoms with van der Waals surface area (Å²) in [5, 5.41) is 0. The summed E-state index contributed by atoms with van der Waals surface area (Å²) in [7, 11) is 0. The Balaban J connectivity index is 2.06. The van der Waals surface area contributed by atoms with E-state index in [0.29, 0.717) is 12.0 Å². The van der Waals surface area contributed by atoms with Gasteiger partial charge in [0.05, 0.1) is 12.7 Å². The van der Waals surface area contributed by atoms with Gasteiger partial charge in [0.2, 0.25) is 0 Å². The van der Waals surface area contributed by atoms with Gasteiger partial charge >= 0.3 is 0 Å². The molecule has 1 atom stereocenters. The third kappa shape index (κ3) is 2.27.